The third-order valence-electron chi connectivity index (χ3n) is 3.79. The summed E-state index contributed by atoms with van der Waals surface area (Å²) in [6, 6.07) is -0.504. The molecule has 0 spiro atoms. The van der Waals surface area contributed by atoms with E-state index in [-0.39, 0.29) is 24.9 Å². The molecule has 7 heteroatoms. The highest BCUT2D eigenvalue weighted by atomic mass is 16.5. The predicted molar refractivity (Wildman–Crippen MR) is 75.6 cm³/mol. The molecule has 0 aromatic carbocycles. The van der Waals surface area contributed by atoms with E-state index in [1.165, 1.54) is 19.3 Å². The predicted octanol–water partition coefficient (Wildman–Crippen LogP) is 0.394. The van der Waals surface area contributed by atoms with Crippen LogP contribution in [0.15, 0.2) is 0 Å². The summed E-state index contributed by atoms with van der Waals surface area (Å²) in [5.74, 6) is -0.686. The number of rotatable bonds is 7. The summed E-state index contributed by atoms with van der Waals surface area (Å²) in [4.78, 5) is 35.1. The van der Waals surface area contributed by atoms with Gasteiger partial charge in [0, 0.05) is 13.2 Å². The van der Waals surface area contributed by atoms with E-state index in [1.807, 2.05) is 0 Å². The number of urea groups is 1. The lowest BCUT2D eigenvalue weighted by atomic mass is 9.98. The van der Waals surface area contributed by atoms with Crippen molar-refractivity contribution in [2.24, 2.45) is 0 Å². The Morgan fingerprint density at radius 1 is 1.29 bits per heavy atom. The molecule has 1 saturated carbocycles. The highest BCUT2D eigenvalue weighted by molar-refractivity contribution is 6.04. The summed E-state index contributed by atoms with van der Waals surface area (Å²) in [6.07, 6.45) is 7.18. The molecule has 0 bridgehead atoms. The Kier molecular flexibility index (Phi) is 5.98. The van der Waals surface area contributed by atoms with E-state index < -0.39 is 6.03 Å². The first-order chi connectivity index (χ1) is 10.2. The second kappa shape index (κ2) is 7.97. The van der Waals surface area contributed by atoms with Crippen LogP contribution >= 0.6 is 0 Å². The molecule has 2 aliphatic rings. The fourth-order valence-electron chi connectivity index (χ4n) is 2.60. The third kappa shape index (κ3) is 5.00. The van der Waals surface area contributed by atoms with E-state index in [0.717, 1.165) is 24.2 Å². The minimum atomic E-state index is -0.504. The molecule has 0 atom stereocenters. The van der Waals surface area contributed by atoms with E-state index in [4.69, 9.17) is 4.74 Å². The standard InChI is InChI=1S/C14H23N3O4/c18-12(10-17-13(19)9-16-14(17)20)15-7-4-8-21-11-5-2-1-3-6-11/h11H,1-10H2,(H,15,18)(H,16,20). The lowest BCUT2D eigenvalue weighted by Crippen LogP contribution is -2.41. The van der Waals surface area contributed by atoms with Crippen molar-refractivity contribution >= 4 is 17.8 Å². The van der Waals surface area contributed by atoms with Gasteiger partial charge in [0.25, 0.3) is 5.91 Å². The van der Waals surface area contributed by atoms with Crippen LogP contribution in [0, 0.1) is 0 Å². The summed E-state index contributed by atoms with van der Waals surface area (Å²) < 4.78 is 5.75. The molecule has 0 unspecified atom stereocenters. The lowest BCUT2D eigenvalue weighted by Gasteiger charge is -2.22. The maximum absolute atomic E-state index is 11.6. The topological polar surface area (TPSA) is 87.7 Å². The number of amides is 4. The SMILES string of the molecule is O=C(CN1C(=O)CNC1=O)NCCCOC1CCCCC1. The van der Waals surface area contributed by atoms with Gasteiger partial charge in [0.15, 0.2) is 0 Å². The minimum Gasteiger partial charge on any atom is -0.378 e. The van der Waals surface area contributed by atoms with Gasteiger partial charge in [-0.05, 0) is 19.3 Å². The van der Waals surface area contributed by atoms with E-state index >= 15 is 0 Å². The molecule has 0 aromatic heterocycles. The molecule has 2 fully saturated rings. The molecule has 0 aromatic rings. The van der Waals surface area contributed by atoms with Gasteiger partial charge in [-0.25, -0.2) is 4.79 Å². The van der Waals surface area contributed by atoms with Gasteiger partial charge in [-0.2, -0.15) is 0 Å². The number of nitrogens with one attached hydrogen (secondary N) is 2. The van der Waals surface area contributed by atoms with Gasteiger partial charge in [0.1, 0.15) is 6.54 Å². The van der Waals surface area contributed by atoms with Gasteiger partial charge in [0.05, 0.1) is 12.6 Å². The first kappa shape index (κ1) is 15.8. The van der Waals surface area contributed by atoms with Crippen molar-refractivity contribution < 1.29 is 19.1 Å². The van der Waals surface area contributed by atoms with Gasteiger partial charge in [-0.3, -0.25) is 14.5 Å². The Morgan fingerprint density at radius 3 is 2.71 bits per heavy atom. The van der Waals surface area contributed by atoms with Gasteiger partial charge in [-0.15, -0.1) is 0 Å². The van der Waals surface area contributed by atoms with Gasteiger partial charge in [-0.1, -0.05) is 19.3 Å². The second-order valence-corrected chi connectivity index (χ2v) is 5.47. The first-order valence-corrected chi connectivity index (χ1v) is 7.63. The summed E-state index contributed by atoms with van der Waals surface area (Å²) in [5, 5.41) is 5.07. The number of hydrogen-bond donors (Lipinski definition) is 2. The quantitative estimate of drug-likeness (QED) is 0.526. The zero-order chi connectivity index (χ0) is 15.1. The molecule has 21 heavy (non-hydrogen) atoms. The monoisotopic (exact) mass is 297 g/mol. The van der Waals surface area contributed by atoms with E-state index in [9.17, 15) is 14.4 Å². The number of carbonyl (C=O) groups excluding carboxylic acids is 3. The first-order valence-electron chi connectivity index (χ1n) is 7.63. The Morgan fingerprint density at radius 2 is 2.05 bits per heavy atom. The summed E-state index contributed by atoms with van der Waals surface area (Å²) in [5.41, 5.74) is 0. The highest BCUT2D eigenvalue weighted by Crippen LogP contribution is 2.20. The van der Waals surface area contributed by atoms with Crippen LogP contribution in [-0.2, 0) is 14.3 Å². The average molecular weight is 297 g/mol. The summed E-state index contributed by atoms with van der Waals surface area (Å²) in [7, 11) is 0. The molecule has 1 saturated heterocycles. The van der Waals surface area contributed by atoms with Crippen LogP contribution in [0.2, 0.25) is 0 Å². The largest absolute Gasteiger partial charge is 0.378 e. The number of imide groups is 1. The van der Waals surface area contributed by atoms with Gasteiger partial charge in [0.2, 0.25) is 5.91 Å². The van der Waals surface area contributed by atoms with Crippen LogP contribution in [0.5, 0.6) is 0 Å². The van der Waals surface area contributed by atoms with Crippen molar-refractivity contribution in [3.8, 4) is 0 Å². The number of ether oxygens (including phenoxy) is 1. The van der Waals surface area contributed by atoms with Crippen molar-refractivity contribution in [3.05, 3.63) is 0 Å². The smallest absolute Gasteiger partial charge is 0.325 e. The van der Waals surface area contributed by atoms with Gasteiger partial charge < -0.3 is 15.4 Å². The van der Waals surface area contributed by atoms with Crippen molar-refractivity contribution in [2.75, 3.05) is 26.2 Å². The number of nitrogens with zero attached hydrogens (tertiary/aromatic N) is 1. The minimum absolute atomic E-state index is 0.0264. The zero-order valence-corrected chi connectivity index (χ0v) is 12.2. The third-order valence-corrected chi connectivity index (χ3v) is 3.79. The molecular weight excluding hydrogens is 274 g/mol. The molecule has 118 valence electrons. The highest BCUT2D eigenvalue weighted by Gasteiger charge is 2.29. The van der Waals surface area contributed by atoms with Crippen LogP contribution in [0.4, 0.5) is 4.79 Å². The Bertz CT molecular complexity index is 378. The van der Waals surface area contributed by atoms with Crippen molar-refractivity contribution in [1.29, 1.82) is 0 Å². The lowest BCUT2D eigenvalue weighted by molar-refractivity contribution is -0.130. The van der Waals surface area contributed by atoms with Crippen LogP contribution in [-0.4, -0.2) is 55.1 Å². The van der Waals surface area contributed by atoms with Crippen LogP contribution in [0.25, 0.3) is 0 Å². The van der Waals surface area contributed by atoms with E-state index in [0.29, 0.717) is 19.3 Å². The van der Waals surface area contributed by atoms with Crippen LogP contribution in [0.1, 0.15) is 38.5 Å². The molecule has 1 aliphatic heterocycles. The summed E-state index contributed by atoms with van der Waals surface area (Å²) >= 11 is 0. The maximum Gasteiger partial charge on any atom is 0.325 e. The summed E-state index contributed by atoms with van der Waals surface area (Å²) in [6.45, 7) is 0.888. The van der Waals surface area contributed by atoms with Crippen molar-refractivity contribution in [1.82, 2.24) is 15.5 Å². The fourth-order valence-corrected chi connectivity index (χ4v) is 2.60. The van der Waals surface area contributed by atoms with E-state index in [2.05, 4.69) is 10.6 Å². The Labute approximate surface area is 124 Å². The Balaban J connectivity index is 1.53. The molecule has 1 heterocycles. The van der Waals surface area contributed by atoms with Crippen molar-refractivity contribution in [3.63, 3.8) is 0 Å². The van der Waals surface area contributed by atoms with Crippen molar-refractivity contribution in [2.45, 2.75) is 44.6 Å². The molecule has 0 radical (unpaired) electrons. The molecule has 2 rings (SSSR count). The molecule has 4 amide bonds. The van der Waals surface area contributed by atoms with Gasteiger partial charge >= 0.3 is 6.03 Å². The fraction of sp³-hybridized carbons (Fsp3) is 0.786. The maximum atomic E-state index is 11.6. The van der Waals surface area contributed by atoms with Crippen LogP contribution in [0.3, 0.4) is 0 Å². The Hall–Kier alpha value is -1.63. The normalized spacial score (nSPS) is 19.7. The molecular formula is C14H23N3O4. The van der Waals surface area contributed by atoms with E-state index in [1.54, 1.807) is 0 Å². The second-order valence-electron chi connectivity index (χ2n) is 5.47. The average Bonchev–Trinajstić information content (AvgIpc) is 2.80. The molecule has 1 aliphatic carbocycles. The van der Waals surface area contributed by atoms with Crippen LogP contribution < -0.4 is 10.6 Å². The number of hydrogen-bond acceptors (Lipinski definition) is 4. The zero-order valence-electron chi connectivity index (χ0n) is 12.2. The number of carbonyl (C=O) groups is 3. The molecule has 2 N–H and O–H groups in total. The molecule has 7 nitrogen and oxygen atoms in total.